The lowest BCUT2D eigenvalue weighted by atomic mass is 10.2. The van der Waals surface area contributed by atoms with Crippen molar-refractivity contribution in [1.82, 2.24) is 4.90 Å². The number of benzene rings is 3. The summed E-state index contributed by atoms with van der Waals surface area (Å²) in [5, 5.41) is 10.0. The highest BCUT2D eigenvalue weighted by Crippen LogP contribution is 2.38. The van der Waals surface area contributed by atoms with Crippen molar-refractivity contribution in [3.63, 3.8) is 0 Å². The van der Waals surface area contributed by atoms with Gasteiger partial charge in [0.2, 0.25) is 0 Å². The van der Waals surface area contributed by atoms with E-state index >= 15 is 0 Å². The number of hydrogen-bond donors (Lipinski definition) is 1. The SMILES string of the molecule is COc1cc(S(=O)(=O)Nc2ccc(Cl)c(OCCN(C)C)c2)c(C)cc1Oc1cccc(Cl)c1C#N. The van der Waals surface area contributed by atoms with Gasteiger partial charge in [0, 0.05) is 18.7 Å². The molecule has 0 aromatic heterocycles. The minimum absolute atomic E-state index is 0.0108. The second kappa shape index (κ2) is 11.7. The zero-order valence-electron chi connectivity index (χ0n) is 20.1. The standard InChI is InChI=1S/C25H25Cl2N3O5S/c1-16-12-24(35-21-7-5-6-19(26)18(21)15-28)23(33-4)14-25(16)36(31,32)29-17-8-9-20(27)22(13-17)34-11-10-30(2)3/h5-9,12-14,29H,10-11H2,1-4H3. The largest absolute Gasteiger partial charge is 0.493 e. The Balaban J connectivity index is 1.90. The molecule has 0 radical (unpaired) electrons. The molecule has 3 rings (SSSR count). The highest BCUT2D eigenvalue weighted by molar-refractivity contribution is 7.92. The molecule has 1 N–H and O–H groups in total. The van der Waals surface area contributed by atoms with Crippen molar-refractivity contribution >= 4 is 38.9 Å². The Labute approximate surface area is 221 Å². The molecule has 0 aliphatic rings. The second-order valence-corrected chi connectivity index (χ2v) is 10.5. The molecular formula is C25H25Cl2N3O5S. The van der Waals surface area contributed by atoms with E-state index in [1.165, 1.54) is 25.3 Å². The van der Waals surface area contributed by atoms with E-state index in [4.69, 9.17) is 37.4 Å². The van der Waals surface area contributed by atoms with Crippen LogP contribution >= 0.6 is 23.2 Å². The number of nitrogens with one attached hydrogen (secondary N) is 1. The van der Waals surface area contributed by atoms with Gasteiger partial charge in [0.25, 0.3) is 10.0 Å². The summed E-state index contributed by atoms with van der Waals surface area (Å²) in [6, 6.07) is 14.3. The molecule has 3 aromatic carbocycles. The van der Waals surface area contributed by atoms with Crippen LogP contribution in [0.2, 0.25) is 10.0 Å². The van der Waals surface area contributed by atoms with Crippen LogP contribution in [-0.2, 0) is 10.0 Å². The molecule has 0 aliphatic carbocycles. The lowest BCUT2D eigenvalue weighted by molar-refractivity contribution is 0.261. The minimum Gasteiger partial charge on any atom is -0.493 e. The molecule has 0 fully saturated rings. The smallest absolute Gasteiger partial charge is 0.262 e. The van der Waals surface area contributed by atoms with Crippen molar-refractivity contribution in [2.45, 2.75) is 11.8 Å². The van der Waals surface area contributed by atoms with Gasteiger partial charge in [-0.3, -0.25) is 4.72 Å². The van der Waals surface area contributed by atoms with E-state index in [0.717, 1.165) is 0 Å². The fourth-order valence-corrected chi connectivity index (χ4v) is 4.89. The molecule has 11 heteroatoms. The number of aryl methyl sites for hydroxylation is 1. The third kappa shape index (κ3) is 6.53. The van der Waals surface area contributed by atoms with Crippen LogP contribution in [0, 0.1) is 18.3 Å². The summed E-state index contributed by atoms with van der Waals surface area (Å²) < 4.78 is 46.0. The van der Waals surface area contributed by atoms with Crippen molar-refractivity contribution in [2.24, 2.45) is 0 Å². The van der Waals surface area contributed by atoms with Crippen LogP contribution in [0.1, 0.15) is 11.1 Å². The van der Waals surface area contributed by atoms with Crippen LogP contribution < -0.4 is 18.9 Å². The van der Waals surface area contributed by atoms with Crippen LogP contribution in [0.4, 0.5) is 5.69 Å². The molecule has 36 heavy (non-hydrogen) atoms. The number of rotatable bonds is 10. The number of hydrogen-bond acceptors (Lipinski definition) is 7. The number of ether oxygens (including phenoxy) is 3. The van der Waals surface area contributed by atoms with Gasteiger partial charge in [0.1, 0.15) is 29.7 Å². The molecule has 0 saturated heterocycles. The minimum atomic E-state index is -4.02. The zero-order valence-corrected chi connectivity index (χ0v) is 22.5. The average Bonchev–Trinajstić information content (AvgIpc) is 2.81. The molecule has 190 valence electrons. The predicted molar refractivity (Wildman–Crippen MR) is 140 cm³/mol. The van der Waals surface area contributed by atoms with Gasteiger partial charge in [0.05, 0.1) is 27.7 Å². The van der Waals surface area contributed by atoms with Crippen LogP contribution in [-0.4, -0.2) is 47.7 Å². The molecule has 0 aliphatic heterocycles. The molecule has 0 unspecified atom stereocenters. The number of methoxy groups -OCH3 is 1. The first-order valence-corrected chi connectivity index (χ1v) is 12.9. The Hall–Kier alpha value is -3.16. The summed E-state index contributed by atoms with van der Waals surface area (Å²) in [6.07, 6.45) is 0. The maximum atomic E-state index is 13.3. The topological polar surface area (TPSA) is 101 Å². The van der Waals surface area contributed by atoms with Crippen LogP contribution in [0.5, 0.6) is 23.0 Å². The van der Waals surface area contributed by atoms with Crippen molar-refractivity contribution in [3.8, 4) is 29.1 Å². The Morgan fingerprint density at radius 1 is 1.00 bits per heavy atom. The lowest BCUT2D eigenvalue weighted by Gasteiger charge is -2.17. The van der Waals surface area contributed by atoms with Crippen molar-refractivity contribution in [3.05, 3.63) is 69.7 Å². The Morgan fingerprint density at radius 3 is 2.42 bits per heavy atom. The van der Waals surface area contributed by atoms with Gasteiger partial charge in [-0.1, -0.05) is 29.3 Å². The first kappa shape index (κ1) is 27.4. The second-order valence-electron chi connectivity index (χ2n) is 8.00. The predicted octanol–water partition coefficient (Wildman–Crippen LogP) is 5.72. The first-order chi connectivity index (χ1) is 17.1. The number of sulfonamides is 1. The fraction of sp³-hybridized carbons (Fsp3) is 0.240. The van der Waals surface area contributed by atoms with Gasteiger partial charge in [-0.05, 0) is 56.9 Å². The molecule has 0 heterocycles. The molecular weight excluding hydrogens is 525 g/mol. The number of nitriles is 1. The van der Waals surface area contributed by atoms with Gasteiger partial charge < -0.3 is 19.1 Å². The van der Waals surface area contributed by atoms with E-state index < -0.39 is 10.0 Å². The number of halogens is 2. The van der Waals surface area contributed by atoms with Gasteiger partial charge in [-0.25, -0.2) is 8.42 Å². The highest BCUT2D eigenvalue weighted by atomic mass is 35.5. The Morgan fingerprint density at radius 2 is 1.75 bits per heavy atom. The molecule has 0 saturated carbocycles. The molecule has 8 nitrogen and oxygen atoms in total. The Kier molecular flexibility index (Phi) is 8.93. The maximum Gasteiger partial charge on any atom is 0.262 e. The monoisotopic (exact) mass is 549 g/mol. The van der Waals surface area contributed by atoms with Crippen molar-refractivity contribution in [2.75, 3.05) is 39.1 Å². The molecule has 3 aromatic rings. The third-order valence-electron chi connectivity index (χ3n) is 5.04. The van der Waals surface area contributed by atoms with Gasteiger partial charge in [-0.2, -0.15) is 5.26 Å². The quantitative estimate of drug-likeness (QED) is 0.345. The van der Waals surface area contributed by atoms with Crippen LogP contribution in [0.3, 0.4) is 0 Å². The summed E-state index contributed by atoms with van der Waals surface area (Å²) in [5.41, 5.74) is 0.842. The van der Waals surface area contributed by atoms with Gasteiger partial charge in [0.15, 0.2) is 11.5 Å². The number of nitrogens with zero attached hydrogens (tertiary/aromatic N) is 2. The van der Waals surface area contributed by atoms with E-state index in [2.05, 4.69) is 4.72 Å². The van der Waals surface area contributed by atoms with Crippen LogP contribution in [0.25, 0.3) is 0 Å². The summed E-state index contributed by atoms with van der Waals surface area (Å²) in [4.78, 5) is 1.95. The van der Waals surface area contributed by atoms with Crippen molar-refractivity contribution < 1.29 is 22.6 Å². The summed E-state index contributed by atoms with van der Waals surface area (Å²) >= 11 is 12.3. The summed E-state index contributed by atoms with van der Waals surface area (Å²) in [5.74, 6) is 0.982. The Bertz CT molecular complexity index is 1410. The highest BCUT2D eigenvalue weighted by Gasteiger charge is 2.22. The average molecular weight is 550 g/mol. The fourth-order valence-electron chi connectivity index (χ4n) is 3.21. The van der Waals surface area contributed by atoms with E-state index in [9.17, 15) is 13.7 Å². The molecule has 0 bridgehead atoms. The van der Waals surface area contributed by atoms with E-state index in [0.29, 0.717) is 29.5 Å². The first-order valence-electron chi connectivity index (χ1n) is 10.7. The third-order valence-corrected chi connectivity index (χ3v) is 7.19. The lowest BCUT2D eigenvalue weighted by Crippen LogP contribution is -2.19. The number of likely N-dealkylation sites (N-methyl/N-ethyl adjacent to an activating group) is 1. The van der Waals surface area contributed by atoms with Gasteiger partial charge in [-0.15, -0.1) is 0 Å². The zero-order chi connectivity index (χ0) is 26.5. The molecule has 0 spiro atoms. The molecule has 0 atom stereocenters. The van der Waals surface area contributed by atoms with E-state index in [1.807, 2.05) is 25.1 Å². The summed E-state index contributed by atoms with van der Waals surface area (Å²) in [7, 11) is 1.21. The van der Waals surface area contributed by atoms with E-state index in [1.54, 1.807) is 37.3 Å². The van der Waals surface area contributed by atoms with Crippen molar-refractivity contribution in [1.29, 1.82) is 5.26 Å². The normalized spacial score (nSPS) is 11.2. The van der Waals surface area contributed by atoms with Crippen LogP contribution in [0.15, 0.2) is 53.4 Å². The molecule has 0 amide bonds. The summed E-state index contributed by atoms with van der Waals surface area (Å²) in [6.45, 7) is 2.69. The maximum absolute atomic E-state index is 13.3. The van der Waals surface area contributed by atoms with E-state index in [-0.39, 0.29) is 38.4 Å². The van der Waals surface area contributed by atoms with Gasteiger partial charge >= 0.3 is 0 Å². The number of anilines is 1.